The van der Waals surface area contributed by atoms with E-state index >= 15 is 0 Å². The average molecular weight is 528 g/mol. The molecule has 0 radical (unpaired) electrons. The minimum atomic E-state index is -4.79. The van der Waals surface area contributed by atoms with Gasteiger partial charge in [-0.1, -0.05) is 30.3 Å². The Hall–Kier alpha value is -5.32. The smallest absolute Gasteiger partial charge is 0.406 e. The number of ether oxygens (including phenoxy) is 1. The largest absolute Gasteiger partial charge is 0.573 e. The quantitative estimate of drug-likeness (QED) is 0.186. The van der Waals surface area contributed by atoms with E-state index in [1.165, 1.54) is 18.2 Å². The lowest BCUT2D eigenvalue weighted by Gasteiger charge is -2.09. The fourth-order valence-electron chi connectivity index (χ4n) is 4.28. The molecule has 0 bridgehead atoms. The number of carbonyl (C=O) groups is 1. The zero-order chi connectivity index (χ0) is 27.0. The Morgan fingerprint density at radius 1 is 0.846 bits per heavy atom. The van der Waals surface area contributed by atoms with Crippen molar-refractivity contribution in [2.75, 3.05) is 10.6 Å². The average Bonchev–Trinajstić information content (AvgIpc) is 3.65. The van der Waals surface area contributed by atoms with Gasteiger partial charge < -0.3 is 25.3 Å². The number of halogens is 3. The molecule has 0 unspecified atom stereocenters. The minimum absolute atomic E-state index is 0.171. The topological polar surface area (TPSA) is 108 Å². The van der Waals surface area contributed by atoms with Crippen molar-refractivity contribution >= 4 is 34.6 Å². The van der Waals surface area contributed by atoms with E-state index in [9.17, 15) is 18.0 Å². The number of nitrogens with zero attached hydrogens (tertiary/aromatic N) is 2. The fourth-order valence-corrected chi connectivity index (χ4v) is 4.28. The summed E-state index contributed by atoms with van der Waals surface area (Å²) in [6.07, 6.45) is -1.18. The molecule has 39 heavy (non-hydrogen) atoms. The first-order chi connectivity index (χ1) is 18.8. The van der Waals surface area contributed by atoms with E-state index in [1.54, 1.807) is 12.3 Å². The number of hydrogen-bond acceptors (Lipinski definition) is 5. The highest BCUT2D eigenvalue weighted by Crippen LogP contribution is 2.36. The summed E-state index contributed by atoms with van der Waals surface area (Å²) in [4.78, 5) is 18.6. The minimum Gasteiger partial charge on any atom is -0.406 e. The molecule has 1 amide bonds. The van der Waals surface area contributed by atoms with E-state index in [4.69, 9.17) is 0 Å². The number of hydrogen-bond donors (Lipinski definition) is 4. The third-order valence-electron chi connectivity index (χ3n) is 5.98. The van der Waals surface area contributed by atoms with Gasteiger partial charge in [0.25, 0.3) is 5.91 Å². The Labute approximate surface area is 219 Å². The van der Waals surface area contributed by atoms with Crippen molar-refractivity contribution in [3.8, 4) is 28.5 Å². The van der Waals surface area contributed by atoms with Gasteiger partial charge in [0, 0.05) is 40.0 Å². The van der Waals surface area contributed by atoms with Crippen LogP contribution in [0.4, 0.5) is 30.2 Å². The van der Waals surface area contributed by atoms with E-state index in [-0.39, 0.29) is 11.7 Å². The summed E-state index contributed by atoms with van der Waals surface area (Å²) in [6.45, 7) is 0. The molecule has 8 nitrogen and oxygen atoms in total. The summed E-state index contributed by atoms with van der Waals surface area (Å²) in [6, 6.07) is 22.3. The number of fused-ring (bicyclic) bond motifs is 1. The van der Waals surface area contributed by atoms with Gasteiger partial charge in [-0.3, -0.25) is 4.79 Å². The van der Waals surface area contributed by atoms with Gasteiger partial charge >= 0.3 is 6.36 Å². The molecule has 0 saturated carbocycles. The van der Waals surface area contributed by atoms with Gasteiger partial charge in [-0.25, -0.2) is 0 Å². The van der Waals surface area contributed by atoms with E-state index in [2.05, 4.69) is 35.5 Å². The maximum absolute atomic E-state index is 12.6. The molecule has 0 atom stereocenters. The molecule has 3 heterocycles. The second-order valence-electron chi connectivity index (χ2n) is 8.70. The monoisotopic (exact) mass is 528 g/mol. The van der Waals surface area contributed by atoms with Crippen LogP contribution in [-0.4, -0.2) is 32.4 Å². The number of aromatic amines is 2. The number of benzene rings is 3. The Morgan fingerprint density at radius 3 is 2.33 bits per heavy atom. The number of H-pyrrole nitrogens is 2. The van der Waals surface area contributed by atoms with Gasteiger partial charge in [0.15, 0.2) is 11.6 Å². The zero-order valence-corrected chi connectivity index (χ0v) is 20.0. The normalized spacial score (nSPS) is 13.8. The van der Waals surface area contributed by atoms with Gasteiger partial charge in [0.05, 0.1) is 11.3 Å². The molecule has 0 aliphatic carbocycles. The number of nitrogens with one attached hydrogen (secondary N) is 4. The maximum atomic E-state index is 12.6. The standard InChI is InChI=1S/C28H19F3N6O2/c29-28(30,31)39-21-8-2-5-17(13-21)26-35-25(36-37-26)16-4-1-6-19(12-16)33-20-9-10-22-23(14-18-7-3-11-32-18)27(38)34-24(22)15-20/h1-15,32-33H,(H,34,38)(H,35,36,37)/b23-14-. The van der Waals surface area contributed by atoms with Crippen LogP contribution in [0.25, 0.3) is 34.4 Å². The van der Waals surface area contributed by atoms with E-state index in [0.717, 1.165) is 22.6 Å². The van der Waals surface area contributed by atoms with Crippen LogP contribution in [0.3, 0.4) is 0 Å². The molecule has 5 aromatic rings. The zero-order valence-electron chi connectivity index (χ0n) is 20.0. The summed E-state index contributed by atoms with van der Waals surface area (Å²) >= 11 is 0. The molecule has 1 aliphatic rings. The highest BCUT2D eigenvalue weighted by Gasteiger charge is 2.31. The predicted molar refractivity (Wildman–Crippen MR) is 141 cm³/mol. The first-order valence-electron chi connectivity index (χ1n) is 11.8. The molecular weight excluding hydrogens is 509 g/mol. The molecule has 0 saturated heterocycles. The van der Waals surface area contributed by atoms with Crippen LogP contribution in [0.1, 0.15) is 11.3 Å². The summed E-state index contributed by atoms with van der Waals surface area (Å²) in [5.74, 6) is 0.224. The molecule has 2 aromatic heterocycles. The van der Waals surface area contributed by atoms with Crippen molar-refractivity contribution in [3.05, 3.63) is 96.3 Å². The van der Waals surface area contributed by atoms with Crippen LogP contribution in [0.15, 0.2) is 85.1 Å². The summed E-state index contributed by atoms with van der Waals surface area (Å²) in [5.41, 5.74) is 5.58. The predicted octanol–water partition coefficient (Wildman–Crippen LogP) is 6.60. The molecule has 6 rings (SSSR count). The number of alkyl halides is 3. The highest BCUT2D eigenvalue weighted by molar-refractivity contribution is 6.35. The van der Waals surface area contributed by atoms with Crippen LogP contribution in [-0.2, 0) is 4.79 Å². The van der Waals surface area contributed by atoms with Crippen LogP contribution >= 0.6 is 0 Å². The van der Waals surface area contributed by atoms with Gasteiger partial charge in [0.2, 0.25) is 0 Å². The van der Waals surface area contributed by atoms with E-state index in [1.807, 2.05) is 60.7 Å². The van der Waals surface area contributed by atoms with Gasteiger partial charge in [-0.15, -0.1) is 23.4 Å². The first kappa shape index (κ1) is 24.0. The number of rotatable bonds is 6. The molecule has 4 N–H and O–H groups in total. The lowest BCUT2D eigenvalue weighted by Crippen LogP contribution is -2.17. The molecule has 11 heteroatoms. The summed E-state index contributed by atoms with van der Waals surface area (Å²) in [5, 5.41) is 14.5. The first-order valence-corrected chi connectivity index (χ1v) is 11.8. The van der Waals surface area contributed by atoms with Crippen LogP contribution in [0.2, 0.25) is 0 Å². The molecule has 0 fully saturated rings. The lowest BCUT2D eigenvalue weighted by molar-refractivity contribution is -0.274. The maximum Gasteiger partial charge on any atom is 0.573 e. The van der Waals surface area contributed by atoms with Gasteiger partial charge in [0.1, 0.15) is 5.75 Å². The second kappa shape index (κ2) is 9.53. The molecule has 194 valence electrons. The molecule has 0 spiro atoms. The van der Waals surface area contributed by atoms with Crippen molar-refractivity contribution in [3.63, 3.8) is 0 Å². The van der Waals surface area contributed by atoms with Gasteiger partial charge in [-0.05, 0) is 54.6 Å². The Kier molecular flexibility index (Phi) is 5.87. The van der Waals surface area contributed by atoms with E-state index in [0.29, 0.717) is 34.0 Å². The molecule has 3 aromatic carbocycles. The van der Waals surface area contributed by atoms with Crippen LogP contribution in [0.5, 0.6) is 5.75 Å². The third-order valence-corrected chi connectivity index (χ3v) is 5.98. The van der Waals surface area contributed by atoms with Crippen molar-refractivity contribution in [1.82, 2.24) is 20.2 Å². The lowest BCUT2D eigenvalue weighted by atomic mass is 10.1. The number of anilines is 3. The van der Waals surface area contributed by atoms with Crippen molar-refractivity contribution < 1.29 is 22.7 Å². The van der Waals surface area contributed by atoms with E-state index < -0.39 is 6.36 Å². The number of amides is 1. The highest BCUT2D eigenvalue weighted by atomic mass is 19.4. The van der Waals surface area contributed by atoms with Crippen LogP contribution < -0.4 is 15.4 Å². The molecular formula is C28H19F3N6O2. The Balaban J connectivity index is 1.21. The molecule has 1 aliphatic heterocycles. The summed E-state index contributed by atoms with van der Waals surface area (Å²) in [7, 11) is 0. The Bertz CT molecular complexity index is 1710. The second-order valence-corrected chi connectivity index (χ2v) is 8.70. The third kappa shape index (κ3) is 5.23. The van der Waals surface area contributed by atoms with Crippen LogP contribution in [0, 0.1) is 0 Å². The van der Waals surface area contributed by atoms with Crippen molar-refractivity contribution in [1.29, 1.82) is 0 Å². The Morgan fingerprint density at radius 2 is 1.59 bits per heavy atom. The summed E-state index contributed by atoms with van der Waals surface area (Å²) < 4.78 is 41.7. The SMILES string of the molecule is O=C1Nc2cc(Nc3cccc(-c4nnc(-c5cccc(OC(F)(F)F)c5)[nH]4)c3)ccc2/C1=C/c1ccc[nH]1. The number of aromatic nitrogens is 4. The van der Waals surface area contributed by atoms with Gasteiger partial charge in [-0.2, -0.15) is 0 Å². The fraction of sp³-hybridized carbons (Fsp3) is 0.0357. The van der Waals surface area contributed by atoms with Crippen molar-refractivity contribution in [2.45, 2.75) is 6.36 Å². The number of carbonyl (C=O) groups excluding carboxylic acids is 1. The van der Waals surface area contributed by atoms with Crippen molar-refractivity contribution in [2.24, 2.45) is 0 Å².